The average Bonchev–Trinajstić information content (AvgIpc) is 3.84. The van der Waals surface area contributed by atoms with E-state index >= 15 is 0 Å². The van der Waals surface area contributed by atoms with Crippen molar-refractivity contribution >= 4 is 11.9 Å². The topological polar surface area (TPSA) is 73.9 Å². The molecule has 0 bridgehead atoms. The molecule has 6 heteroatoms. The van der Waals surface area contributed by atoms with E-state index in [-0.39, 0.29) is 5.91 Å². The van der Waals surface area contributed by atoms with Gasteiger partial charge in [0.1, 0.15) is 12.4 Å². The minimum atomic E-state index is -1.13. The Morgan fingerprint density at radius 2 is 1.22 bits per heavy atom. The van der Waals surface area contributed by atoms with Gasteiger partial charge in [-0.05, 0) is 52.8 Å². The Kier molecular flexibility index (Phi) is 8.76. The summed E-state index contributed by atoms with van der Waals surface area (Å²) in [4.78, 5) is 33.6. The maximum absolute atomic E-state index is 13.8. The molecular weight excluding hydrogens is 562 g/mol. The molecule has 6 nitrogen and oxygen atoms in total. The van der Waals surface area contributed by atoms with E-state index in [1.807, 2.05) is 146 Å². The van der Waals surface area contributed by atoms with E-state index in [9.17, 15) is 9.59 Å². The van der Waals surface area contributed by atoms with Crippen molar-refractivity contribution in [3.8, 4) is 5.75 Å². The molecule has 1 saturated carbocycles. The standard InChI is InChI=1S/C39H35NO5/c1-43-37(42)38(26-30-17-14-24-34(25-30)44-28-29-15-6-2-7-16-29)27-35(38)36(41)40-45-39(31-18-8-3-9-19-31,32-20-10-4-11-21-32)33-22-12-5-13-23-33/h2-25,35H,26-28H2,1H3,(H,40,41)/t35-,38+/m0/s1. The molecule has 45 heavy (non-hydrogen) atoms. The Morgan fingerprint density at radius 1 is 0.711 bits per heavy atom. The summed E-state index contributed by atoms with van der Waals surface area (Å²) in [6.45, 7) is 0.431. The van der Waals surface area contributed by atoms with Gasteiger partial charge in [-0.1, -0.05) is 133 Å². The summed E-state index contributed by atoms with van der Waals surface area (Å²) in [7, 11) is 1.36. The van der Waals surface area contributed by atoms with Crippen molar-refractivity contribution in [2.45, 2.75) is 25.0 Å². The van der Waals surface area contributed by atoms with Crippen LogP contribution in [0.15, 0.2) is 146 Å². The Morgan fingerprint density at radius 3 is 1.76 bits per heavy atom. The predicted octanol–water partition coefficient (Wildman–Crippen LogP) is 7.03. The van der Waals surface area contributed by atoms with Crippen LogP contribution in [0.1, 0.15) is 34.2 Å². The van der Waals surface area contributed by atoms with Crippen LogP contribution < -0.4 is 10.2 Å². The maximum Gasteiger partial charge on any atom is 0.312 e. The van der Waals surface area contributed by atoms with Crippen LogP contribution in [0.3, 0.4) is 0 Å². The van der Waals surface area contributed by atoms with Gasteiger partial charge < -0.3 is 9.47 Å². The number of carbonyl (C=O) groups excluding carboxylic acids is 2. The summed E-state index contributed by atoms with van der Waals surface area (Å²) < 4.78 is 11.2. The van der Waals surface area contributed by atoms with Gasteiger partial charge in [-0.25, -0.2) is 5.48 Å². The van der Waals surface area contributed by atoms with Gasteiger partial charge in [-0.3, -0.25) is 14.4 Å². The summed E-state index contributed by atoms with van der Waals surface area (Å²) >= 11 is 0. The van der Waals surface area contributed by atoms with Crippen LogP contribution in [0.2, 0.25) is 0 Å². The van der Waals surface area contributed by atoms with Crippen molar-refractivity contribution in [1.82, 2.24) is 5.48 Å². The summed E-state index contributed by atoms with van der Waals surface area (Å²) in [5.74, 6) is -0.721. The molecule has 1 fully saturated rings. The minimum absolute atomic E-state index is 0.335. The van der Waals surface area contributed by atoms with E-state index in [4.69, 9.17) is 14.3 Å². The lowest BCUT2D eigenvalue weighted by atomic mass is 9.80. The number of methoxy groups -OCH3 is 1. The van der Waals surface area contributed by atoms with Crippen molar-refractivity contribution < 1.29 is 23.9 Å². The number of hydroxylamine groups is 1. The lowest BCUT2D eigenvalue weighted by Crippen LogP contribution is -2.42. The van der Waals surface area contributed by atoms with Gasteiger partial charge in [0, 0.05) is 0 Å². The monoisotopic (exact) mass is 597 g/mol. The molecule has 0 aromatic heterocycles. The van der Waals surface area contributed by atoms with E-state index < -0.39 is 22.9 Å². The Hall–Kier alpha value is -5.20. The highest BCUT2D eigenvalue weighted by molar-refractivity contribution is 5.93. The Bertz CT molecular complexity index is 1630. The van der Waals surface area contributed by atoms with Gasteiger partial charge in [0.15, 0.2) is 5.60 Å². The lowest BCUT2D eigenvalue weighted by molar-refractivity contribution is -0.153. The van der Waals surface area contributed by atoms with Gasteiger partial charge in [-0.15, -0.1) is 0 Å². The molecule has 1 amide bonds. The smallest absolute Gasteiger partial charge is 0.312 e. The molecule has 0 heterocycles. The number of ether oxygens (including phenoxy) is 2. The van der Waals surface area contributed by atoms with E-state index in [1.165, 1.54) is 7.11 Å². The van der Waals surface area contributed by atoms with Gasteiger partial charge in [0.25, 0.3) is 0 Å². The highest BCUT2D eigenvalue weighted by Gasteiger charge is 2.64. The third-order valence-corrected chi connectivity index (χ3v) is 8.50. The number of nitrogens with one attached hydrogen (secondary N) is 1. The molecule has 2 atom stereocenters. The highest BCUT2D eigenvalue weighted by atomic mass is 16.7. The lowest BCUT2D eigenvalue weighted by Gasteiger charge is -2.35. The van der Waals surface area contributed by atoms with E-state index in [2.05, 4.69) is 5.48 Å². The van der Waals surface area contributed by atoms with Crippen molar-refractivity contribution in [2.75, 3.05) is 7.11 Å². The minimum Gasteiger partial charge on any atom is -0.489 e. The molecule has 0 aliphatic heterocycles. The molecule has 5 aromatic rings. The van der Waals surface area contributed by atoms with E-state index in [0.29, 0.717) is 25.2 Å². The second-order valence-electron chi connectivity index (χ2n) is 11.4. The zero-order valence-electron chi connectivity index (χ0n) is 25.1. The first kappa shape index (κ1) is 29.9. The van der Waals surface area contributed by atoms with Crippen molar-refractivity contribution in [2.24, 2.45) is 11.3 Å². The third-order valence-electron chi connectivity index (χ3n) is 8.50. The fraction of sp³-hybridized carbons (Fsp3) is 0.179. The molecule has 1 N–H and O–H groups in total. The highest BCUT2D eigenvalue weighted by Crippen LogP contribution is 2.56. The average molecular weight is 598 g/mol. The molecule has 0 radical (unpaired) electrons. The molecule has 6 rings (SSSR count). The molecule has 5 aromatic carbocycles. The number of rotatable bonds is 12. The SMILES string of the molecule is COC(=O)[C@]1(Cc2cccc(OCc3ccccc3)c2)C[C@H]1C(=O)NOC(c1ccccc1)(c1ccccc1)c1ccccc1. The van der Waals surface area contributed by atoms with Gasteiger partial charge >= 0.3 is 5.97 Å². The van der Waals surface area contributed by atoms with Crippen molar-refractivity contribution in [1.29, 1.82) is 0 Å². The van der Waals surface area contributed by atoms with Crippen LogP contribution >= 0.6 is 0 Å². The quantitative estimate of drug-likeness (QED) is 0.0950. The van der Waals surface area contributed by atoms with Crippen molar-refractivity contribution in [3.05, 3.63) is 173 Å². The number of carbonyl (C=O) groups is 2. The first-order valence-electron chi connectivity index (χ1n) is 15.0. The van der Waals surface area contributed by atoms with Crippen LogP contribution in [0.5, 0.6) is 5.75 Å². The number of benzene rings is 5. The first-order valence-corrected chi connectivity index (χ1v) is 15.0. The van der Waals surface area contributed by atoms with Crippen LogP contribution in [0, 0.1) is 11.3 Å². The maximum atomic E-state index is 13.8. The summed E-state index contributed by atoms with van der Waals surface area (Å²) in [6, 6.07) is 47.0. The molecule has 0 unspecified atom stereocenters. The van der Waals surface area contributed by atoms with Gasteiger partial charge in [0.2, 0.25) is 5.91 Å². The number of esters is 1. The zero-order chi connectivity index (χ0) is 31.1. The molecular formula is C39H35NO5. The fourth-order valence-corrected chi connectivity index (χ4v) is 6.09. The Labute approximate surface area is 263 Å². The number of hydrogen-bond donors (Lipinski definition) is 1. The van der Waals surface area contributed by atoms with Crippen LogP contribution in [-0.4, -0.2) is 19.0 Å². The fourth-order valence-electron chi connectivity index (χ4n) is 6.09. The molecule has 0 saturated heterocycles. The summed E-state index contributed by atoms with van der Waals surface area (Å²) in [6.07, 6.45) is 0.681. The molecule has 0 spiro atoms. The normalized spacial score (nSPS) is 17.2. The molecule has 1 aliphatic rings. The van der Waals surface area contributed by atoms with Gasteiger partial charge in [0.05, 0.1) is 18.4 Å². The summed E-state index contributed by atoms with van der Waals surface area (Å²) in [5, 5.41) is 0. The largest absolute Gasteiger partial charge is 0.489 e. The number of amides is 1. The summed E-state index contributed by atoms with van der Waals surface area (Å²) in [5.41, 5.74) is 5.14. The molecule has 1 aliphatic carbocycles. The predicted molar refractivity (Wildman–Crippen MR) is 172 cm³/mol. The Balaban J connectivity index is 1.24. The first-order chi connectivity index (χ1) is 22.0. The van der Waals surface area contributed by atoms with Crippen LogP contribution in [0.4, 0.5) is 0 Å². The second-order valence-corrected chi connectivity index (χ2v) is 11.4. The van der Waals surface area contributed by atoms with Crippen molar-refractivity contribution in [3.63, 3.8) is 0 Å². The molecule has 226 valence electrons. The second kappa shape index (κ2) is 13.2. The van der Waals surface area contributed by atoms with Crippen LogP contribution in [-0.2, 0) is 37.8 Å². The van der Waals surface area contributed by atoms with Gasteiger partial charge in [-0.2, -0.15) is 0 Å². The van der Waals surface area contributed by atoms with Crippen LogP contribution in [0.25, 0.3) is 0 Å². The zero-order valence-corrected chi connectivity index (χ0v) is 25.1. The third kappa shape index (κ3) is 6.24. The van der Waals surface area contributed by atoms with E-state index in [0.717, 1.165) is 27.8 Å². The number of hydrogen-bond acceptors (Lipinski definition) is 5. The van der Waals surface area contributed by atoms with E-state index in [1.54, 1.807) is 0 Å².